The van der Waals surface area contributed by atoms with E-state index in [1.54, 1.807) is 108 Å². The van der Waals surface area contributed by atoms with Gasteiger partial charge in [-0.3, -0.25) is 0 Å². The quantitative estimate of drug-likeness (QED) is 0.0901. The van der Waals surface area contributed by atoms with Crippen LogP contribution in [0.1, 0.15) is 345 Å². The van der Waals surface area contributed by atoms with Crippen molar-refractivity contribution in [2.24, 2.45) is 39.5 Å². The molecule has 0 radical (unpaired) electrons. The number of pyridine rings is 4. The second-order valence-corrected chi connectivity index (χ2v) is 39.4. The summed E-state index contributed by atoms with van der Waals surface area (Å²) in [6.07, 6.45) is 13.1. The van der Waals surface area contributed by atoms with E-state index in [9.17, 15) is 8.22 Å². The van der Waals surface area contributed by atoms with Gasteiger partial charge >= 0.3 is 0 Å². The number of nitrogens with zero attached hydrogens (tertiary/aromatic N) is 8. The Morgan fingerprint density at radius 3 is 1.12 bits per heavy atom. The summed E-state index contributed by atoms with van der Waals surface area (Å²) in [5, 5.41) is 6.60. The molecule has 12 heteroatoms. The highest BCUT2D eigenvalue weighted by molar-refractivity contribution is 6.15. The van der Waals surface area contributed by atoms with Crippen LogP contribution >= 0.6 is 0 Å². The number of hydrogen-bond donors (Lipinski definition) is 0. The van der Waals surface area contributed by atoms with E-state index >= 15 is 0 Å². The highest BCUT2D eigenvalue weighted by Crippen LogP contribution is 2.53. The summed E-state index contributed by atoms with van der Waals surface area (Å²) in [4.78, 5) is 15.1. The van der Waals surface area contributed by atoms with Crippen LogP contribution in [0.25, 0.3) is 152 Å². The average molecular weight is 1830 g/mol. The molecule has 1 unspecified atom stereocenters. The Morgan fingerprint density at radius 1 is 0.397 bits per heavy atom. The van der Waals surface area contributed by atoms with Crippen molar-refractivity contribution >= 4 is 111 Å². The molecule has 0 bridgehead atoms. The molecule has 4 fully saturated rings. The zero-order chi connectivity index (χ0) is 117. The van der Waals surface area contributed by atoms with Crippen molar-refractivity contribution in [1.82, 2.24) is 0 Å². The third kappa shape index (κ3) is 17.7. The molecule has 696 valence electrons. The normalized spacial score (nSPS) is 19.4. The predicted molar refractivity (Wildman–Crippen MR) is 562 cm³/mol. The third-order valence-corrected chi connectivity index (χ3v) is 28.8. The van der Waals surface area contributed by atoms with E-state index in [2.05, 4.69) is 82.1 Å². The molecule has 20 rings (SSSR count). The van der Waals surface area contributed by atoms with Gasteiger partial charge in [-0.2, -0.15) is 18.3 Å². The van der Waals surface area contributed by atoms with Gasteiger partial charge in [-0.15, -0.1) is 0 Å². The molecule has 8 aromatic heterocycles. The molecular weight excluding hydrogens is 1670 g/mol. The van der Waals surface area contributed by atoms with Crippen LogP contribution in [0.15, 0.2) is 145 Å². The molecule has 4 aliphatic carbocycles. The first-order chi connectivity index (χ1) is 74.6. The monoisotopic (exact) mass is 1830 g/mol. The maximum atomic E-state index is 9.46. The van der Waals surface area contributed by atoms with Crippen molar-refractivity contribution in [3.8, 4) is 45.0 Å². The SMILES string of the molecule is [2H]C1(c2cc3c(cc2[N+]#[C-])oc2c(-c4cc(C)cc(C)[n+]4C)c(C)ccc23)CCCCC1.[2H]c1c(C([2H])(C)C([2H])([2H])[2H])c(C([2H])([2H])[2H])c(C)[n+](C)c1-c1c(C)ccc2c1oc1c(C3([2H])CCCCC3)c([N+]#[C-])ccc12.[2H]c1c(C([2H])([2H])C(C)(C)C)c(C([2H])([2H])[2H])c(C)[n+](C)c1-c1c(C)ccc2c1oc1c(C3([2H])CCCCC3)c([N+]#[C-])ccc12.[2H]c1c(C([2H])([2H])C(C)C)c(C([2H])([2H])[2H])c(C)[n+](C)c1-c1c(C)ccc2c1oc1c(C3([2H])CCCCC3)c([N+]#[C-])ccc12. The van der Waals surface area contributed by atoms with Gasteiger partial charge in [-0.25, -0.2) is 19.4 Å². The molecule has 8 aromatic carbocycles. The smallest absolute Gasteiger partial charge is 0.216 e. The third-order valence-electron chi connectivity index (χ3n) is 28.8. The molecule has 4 saturated carbocycles. The summed E-state index contributed by atoms with van der Waals surface area (Å²) in [6, 6.07) is 34.2. The largest absolute Gasteiger partial charge is 0.456 e. The van der Waals surface area contributed by atoms with Gasteiger partial charge in [-0.1, -0.05) is 216 Å². The van der Waals surface area contributed by atoms with Crippen LogP contribution in [0, 0.1) is 120 Å². The molecule has 0 N–H and O–H groups in total. The number of hydrogen-bond acceptors (Lipinski definition) is 4. The van der Waals surface area contributed by atoms with E-state index < -0.39 is 81.0 Å². The van der Waals surface area contributed by atoms with Crippen LogP contribution in [0.3, 0.4) is 0 Å². The van der Waals surface area contributed by atoms with E-state index in [-0.39, 0.29) is 62.9 Å². The Bertz CT molecular complexity index is 8580. The lowest BCUT2D eigenvalue weighted by Crippen LogP contribution is -2.36. The highest BCUT2D eigenvalue weighted by atomic mass is 16.3. The Hall–Kier alpha value is -12.5. The minimum atomic E-state index is -2.92. The summed E-state index contributed by atoms with van der Waals surface area (Å²) in [5.74, 6) is -6.52. The van der Waals surface area contributed by atoms with Gasteiger partial charge in [0.25, 0.3) is 0 Å². The zero-order valence-corrected chi connectivity index (χ0v) is 82.3. The molecule has 1 atom stereocenters. The Kier molecular flexibility index (Phi) is 19.9. The molecule has 0 aliphatic heterocycles. The fourth-order valence-electron chi connectivity index (χ4n) is 21.2. The fraction of sp³-hybridized carbons (Fsp3) is 0.419. The van der Waals surface area contributed by atoms with Crippen molar-refractivity contribution < 1.29 is 68.8 Å². The van der Waals surface area contributed by atoms with Gasteiger partial charge in [-0.05, 0) is 216 Å². The topological polar surface area (TPSA) is 85.5 Å². The molecule has 4 aliphatic rings. The van der Waals surface area contributed by atoms with Gasteiger partial charge in [0.1, 0.15) is 72.9 Å². The number of benzene rings is 8. The van der Waals surface area contributed by atoms with Gasteiger partial charge < -0.3 is 17.7 Å². The first kappa shape index (κ1) is 69.3. The van der Waals surface area contributed by atoms with Crippen LogP contribution in [0.4, 0.5) is 22.7 Å². The highest BCUT2D eigenvalue weighted by Gasteiger charge is 2.36. The lowest BCUT2D eigenvalue weighted by molar-refractivity contribution is -0.667. The molecular formula is C124H140N8O4+4. The number of rotatable bonds is 12. The van der Waals surface area contributed by atoms with Crippen molar-refractivity contribution in [2.75, 3.05) is 0 Å². The number of aryl methyl sites for hydroxylation is 6. The predicted octanol–water partition coefficient (Wildman–Crippen LogP) is 34.3. The minimum Gasteiger partial charge on any atom is -0.456 e. The van der Waals surface area contributed by atoms with Crippen LogP contribution < -0.4 is 18.3 Å². The second-order valence-electron chi connectivity index (χ2n) is 39.4. The summed E-state index contributed by atoms with van der Waals surface area (Å²) >= 11 is 0. The van der Waals surface area contributed by atoms with Crippen molar-refractivity contribution in [3.63, 3.8) is 0 Å². The summed E-state index contributed by atoms with van der Waals surface area (Å²) in [7, 11) is 7.13. The maximum Gasteiger partial charge on any atom is 0.216 e. The summed E-state index contributed by atoms with van der Waals surface area (Å²) in [6.45, 7) is 46.9. The van der Waals surface area contributed by atoms with Gasteiger partial charge in [0.05, 0.1) is 52.7 Å². The summed E-state index contributed by atoms with van der Waals surface area (Å²) in [5.41, 5.74) is 18.1. The van der Waals surface area contributed by atoms with E-state index in [0.29, 0.717) is 162 Å². The van der Waals surface area contributed by atoms with Gasteiger partial charge in [0, 0.05) is 163 Å². The lowest BCUT2D eigenvalue weighted by Gasteiger charge is -2.23. The summed E-state index contributed by atoms with van der Waals surface area (Å²) < 4.78 is 243. The van der Waals surface area contributed by atoms with Crippen LogP contribution in [-0.4, -0.2) is 0 Å². The van der Waals surface area contributed by atoms with Crippen molar-refractivity contribution in [3.05, 3.63) is 279 Å². The first-order valence-corrected chi connectivity index (χ1v) is 48.2. The van der Waals surface area contributed by atoms with Crippen LogP contribution in [0.5, 0.6) is 0 Å². The van der Waals surface area contributed by atoms with E-state index in [1.807, 2.05) is 81.4 Å². The standard InChI is InChI=1S/C33H39N2O.C32H37N2O.C31H35N2O.C28H29N2O/c1-20-14-15-25-26-16-17-27(34-7)30(23-12-10-9-11-13-23)32(26)36-31(25)29(20)28-18-24(19-33(4,5)6)21(2)22(3)35(28)8;1-19(2)17-24-18-28(34(7)22(5)21(24)4)29-20(3)13-14-25-26-15-16-27(33-6)30(32(26)35-31(25)29)23-11-9-8-10-12-23;1-18(2)25-17-27(33(7)21(5)20(25)4)28-19(3)13-14-23-24-15-16-26(32-6)29(31(24)34-30(23)28)22-11-9-8-10-12-22;1-17-13-19(3)30(5)25(14-17)27-18(2)11-12-21-23-15-22(20-9-7-6-8-10-20)24(29-4)16-26(23)31-28(21)27/h14-18,23H,9-13,19H2,1-6,8H3;13-16,18-19,23H,8-12,17H2,1-5,7H3;13-18,22H,8-12H2,1-5,7H3;11-16,20H,6-10H2,1-3,5H3/q4*+1/i2D3,18D,19D2,23D;4D3,17D2,18D,23D;1D3,4D3,17D,18D,22D;20D. The Balaban J connectivity index is 0.000000144. The van der Waals surface area contributed by atoms with Gasteiger partial charge in [0.15, 0.2) is 45.5 Å². The molecule has 0 saturated heterocycles. The second kappa shape index (κ2) is 39.0. The van der Waals surface area contributed by atoms with Crippen molar-refractivity contribution in [2.45, 2.75) is 302 Å². The van der Waals surface area contributed by atoms with E-state index in [1.165, 1.54) is 17.7 Å². The zero-order valence-electron chi connectivity index (χ0n) is 106. The fourth-order valence-corrected chi connectivity index (χ4v) is 21.2. The number of fused-ring (bicyclic) bond motifs is 12. The average Bonchev–Trinajstić information content (AvgIpc) is 1.23. The minimum absolute atomic E-state index is 0.126. The lowest BCUT2D eigenvalue weighted by atomic mass is 9.82. The molecule has 0 amide bonds. The first-order valence-electron chi connectivity index (χ1n) is 60.2. The molecule has 16 aromatic rings. The Labute approximate surface area is 841 Å². The Morgan fingerprint density at radius 2 is 0.743 bits per heavy atom. The number of aromatic nitrogens is 4. The van der Waals surface area contributed by atoms with E-state index in [4.69, 9.17) is 68.6 Å². The molecule has 0 spiro atoms. The molecule has 8 heterocycles. The van der Waals surface area contributed by atoms with E-state index in [0.717, 1.165) is 173 Å². The van der Waals surface area contributed by atoms with Crippen molar-refractivity contribution in [1.29, 1.82) is 0 Å². The maximum absolute atomic E-state index is 9.46. The number of furan rings is 4. The molecule has 136 heavy (non-hydrogen) atoms. The van der Waals surface area contributed by atoms with Gasteiger partial charge in [0.2, 0.25) is 22.8 Å². The van der Waals surface area contributed by atoms with Crippen LogP contribution in [-0.2, 0) is 40.9 Å². The molecule has 12 nitrogen and oxygen atoms in total. The van der Waals surface area contributed by atoms with Crippen LogP contribution in [0.2, 0.25) is 0 Å².